The van der Waals surface area contributed by atoms with Crippen molar-refractivity contribution in [2.75, 3.05) is 13.2 Å². The van der Waals surface area contributed by atoms with Gasteiger partial charge in [-0.15, -0.1) is 0 Å². The summed E-state index contributed by atoms with van der Waals surface area (Å²) in [4.78, 5) is 15.5. The molecule has 1 aromatic rings. The zero-order valence-electron chi connectivity index (χ0n) is 12.8. The summed E-state index contributed by atoms with van der Waals surface area (Å²) < 4.78 is 57.9. The minimum absolute atomic E-state index is 0.104. The first-order valence-corrected chi connectivity index (χ1v) is 6.82. The number of hydrogen-bond donors (Lipinski definition) is 2. The van der Waals surface area contributed by atoms with Crippen LogP contribution in [-0.4, -0.2) is 41.7 Å². The van der Waals surface area contributed by atoms with Crippen LogP contribution in [0.3, 0.4) is 0 Å². The third kappa shape index (κ3) is 4.31. The predicted octanol–water partition coefficient (Wildman–Crippen LogP) is 2.53. The van der Waals surface area contributed by atoms with Gasteiger partial charge in [0.25, 0.3) is 0 Å². The Hall–Kier alpha value is -2.42. The molecule has 1 atom stereocenters. The molecule has 0 aromatic heterocycles. The molecule has 1 unspecified atom stereocenters. The van der Waals surface area contributed by atoms with E-state index in [2.05, 4.69) is 9.73 Å². The van der Waals surface area contributed by atoms with Crippen LogP contribution in [0.4, 0.5) is 17.6 Å². The Labute approximate surface area is 134 Å². The number of carbonyl (C=O) groups is 1. The van der Waals surface area contributed by atoms with Crippen LogP contribution >= 0.6 is 0 Å². The number of ether oxygens (including phenoxy) is 1. The minimum Gasteiger partial charge on any atom is -0.506 e. The highest BCUT2D eigenvalue weighted by molar-refractivity contribution is 6.15. The maximum atomic E-state index is 13.8. The van der Waals surface area contributed by atoms with Crippen LogP contribution < -0.4 is 0 Å². The second kappa shape index (κ2) is 8.44. The fraction of sp³-hybridized carbons (Fsp3) is 0.333. The van der Waals surface area contributed by atoms with Gasteiger partial charge in [0.05, 0.1) is 24.8 Å². The van der Waals surface area contributed by atoms with E-state index in [4.69, 9.17) is 5.11 Å². The first kappa shape index (κ1) is 19.6. The average molecular weight is 349 g/mol. The van der Waals surface area contributed by atoms with E-state index < -0.39 is 52.2 Å². The molecule has 0 fully saturated rings. The van der Waals surface area contributed by atoms with Crippen LogP contribution in [0, 0.1) is 23.3 Å². The van der Waals surface area contributed by atoms with Crippen molar-refractivity contribution in [3.05, 3.63) is 40.5 Å². The number of carbonyl (C=O) groups excluding carboxylic acids is 1. The third-order valence-electron chi connectivity index (χ3n) is 2.83. The fourth-order valence-electron chi connectivity index (χ4n) is 1.56. The zero-order valence-corrected chi connectivity index (χ0v) is 12.8. The molecule has 2 N–H and O–H groups in total. The van der Waals surface area contributed by atoms with Crippen LogP contribution in [0.2, 0.25) is 0 Å². The van der Waals surface area contributed by atoms with E-state index in [1.165, 1.54) is 13.8 Å². The van der Waals surface area contributed by atoms with Crippen molar-refractivity contribution in [2.45, 2.75) is 19.9 Å². The van der Waals surface area contributed by atoms with Gasteiger partial charge in [0.2, 0.25) is 0 Å². The molecule has 0 aliphatic carbocycles. The van der Waals surface area contributed by atoms with E-state index in [9.17, 15) is 27.5 Å². The van der Waals surface area contributed by atoms with Gasteiger partial charge in [0.15, 0.2) is 23.3 Å². The van der Waals surface area contributed by atoms with Crippen LogP contribution in [0.25, 0.3) is 5.76 Å². The van der Waals surface area contributed by atoms with Crippen LogP contribution in [0.15, 0.2) is 16.6 Å². The van der Waals surface area contributed by atoms with Gasteiger partial charge in [-0.2, -0.15) is 0 Å². The second-order valence-corrected chi connectivity index (χ2v) is 4.64. The largest absolute Gasteiger partial charge is 0.506 e. The molecule has 1 aromatic carbocycles. The summed E-state index contributed by atoms with van der Waals surface area (Å²) in [5, 5.41) is 18.9. The monoisotopic (exact) mass is 349 g/mol. The van der Waals surface area contributed by atoms with E-state index in [1.54, 1.807) is 0 Å². The molecule has 5 nitrogen and oxygen atoms in total. The number of hydrogen-bond acceptors (Lipinski definition) is 5. The highest BCUT2D eigenvalue weighted by Gasteiger charge is 2.25. The molecule has 9 heteroatoms. The molecular formula is C15H15F4NO4. The van der Waals surface area contributed by atoms with Crippen LogP contribution in [0.5, 0.6) is 0 Å². The summed E-state index contributed by atoms with van der Waals surface area (Å²) in [5.41, 5.74) is -1.78. The molecular weight excluding hydrogens is 334 g/mol. The van der Waals surface area contributed by atoms with Crippen LogP contribution in [0.1, 0.15) is 19.4 Å². The number of benzene rings is 1. The highest BCUT2D eigenvalue weighted by atomic mass is 19.2. The van der Waals surface area contributed by atoms with Gasteiger partial charge < -0.3 is 14.9 Å². The molecule has 0 heterocycles. The Kier molecular flexibility index (Phi) is 6.90. The molecule has 0 aliphatic heterocycles. The number of aliphatic hydroxyl groups is 2. The molecule has 0 aliphatic rings. The lowest BCUT2D eigenvalue weighted by Gasteiger charge is -2.09. The van der Waals surface area contributed by atoms with Gasteiger partial charge in [0, 0.05) is 6.21 Å². The Bertz CT molecular complexity index is 689. The fourth-order valence-corrected chi connectivity index (χ4v) is 1.56. The smallest absolute Gasteiger partial charge is 0.343 e. The molecule has 0 saturated carbocycles. The van der Waals surface area contributed by atoms with Crippen molar-refractivity contribution in [1.29, 1.82) is 0 Å². The van der Waals surface area contributed by atoms with Crippen molar-refractivity contribution >= 4 is 17.9 Å². The van der Waals surface area contributed by atoms with E-state index in [0.717, 1.165) is 6.21 Å². The number of rotatable bonds is 6. The van der Waals surface area contributed by atoms with Gasteiger partial charge in [-0.1, -0.05) is 0 Å². The van der Waals surface area contributed by atoms with Gasteiger partial charge in [-0.25, -0.2) is 22.4 Å². The van der Waals surface area contributed by atoms with Gasteiger partial charge in [0.1, 0.15) is 11.3 Å². The van der Waals surface area contributed by atoms with Crippen molar-refractivity contribution in [1.82, 2.24) is 0 Å². The number of esters is 1. The Morgan fingerprint density at radius 3 is 2.46 bits per heavy atom. The lowest BCUT2D eigenvalue weighted by molar-refractivity contribution is -0.137. The van der Waals surface area contributed by atoms with Crippen molar-refractivity contribution in [3.63, 3.8) is 0 Å². The summed E-state index contributed by atoms with van der Waals surface area (Å²) in [7, 11) is 0. The lowest BCUT2D eigenvalue weighted by Crippen LogP contribution is -2.14. The number of aliphatic imine (C=N–C) groups is 1. The van der Waals surface area contributed by atoms with Gasteiger partial charge in [-0.3, -0.25) is 4.99 Å². The molecule has 0 bridgehead atoms. The maximum Gasteiger partial charge on any atom is 0.343 e. The Morgan fingerprint density at radius 1 is 1.29 bits per heavy atom. The third-order valence-corrected chi connectivity index (χ3v) is 2.83. The van der Waals surface area contributed by atoms with E-state index in [0.29, 0.717) is 0 Å². The lowest BCUT2D eigenvalue weighted by atomic mass is 10.1. The van der Waals surface area contributed by atoms with Gasteiger partial charge >= 0.3 is 5.97 Å². The Morgan fingerprint density at radius 2 is 1.92 bits per heavy atom. The van der Waals surface area contributed by atoms with E-state index in [1.807, 2.05) is 0 Å². The van der Waals surface area contributed by atoms with E-state index >= 15 is 0 Å². The Balaban J connectivity index is 3.53. The van der Waals surface area contributed by atoms with Crippen molar-refractivity contribution < 1.29 is 37.3 Å². The summed E-state index contributed by atoms with van der Waals surface area (Å²) >= 11 is 0. The second-order valence-electron chi connectivity index (χ2n) is 4.64. The van der Waals surface area contributed by atoms with Crippen molar-refractivity contribution in [2.24, 2.45) is 4.99 Å². The number of aliphatic hydroxyl groups excluding tert-OH is 2. The molecule has 0 amide bonds. The summed E-state index contributed by atoms with van der Waals surface area (Å²) in [6.07, 6.45) is 0.771. The number of nitrogens with zero attached hydrogens (tertiary/aromatic N) is 1. The average Bonchev–Trinajstić information content (AvgIpc) is 2.56. The molecule has 0 saturated heterocycles. The minimum atomic E-state index is -2.14. The normalized spacial score (nSPS) is 13.8. The SMILES string of the molecule is CCOC(=O)C(C=NC(C)CO)=C(O)c1cc(F)c(F)c(F)c1F. The first-order chi connectivity index (χ1) is 11.2. The molecule has 132 valence electrons. The maximum absolute atomic E-state index is 13.8. The topological polar surface area (TPSA) is 79.1 Å². The summed E-state index contributed by atoms with van der Waals surface area (Å²) in [6.45, 7) is 2.43. The van der Waals surface area contributed by atoms with Crippen molar-refractivity contribution in [3.8, 4) is 0 Å². The summed E-state index contributed by atoms with van der Waals surface area (Å²) in [6, 6.07) is -0.472. The zero-order chi connectivity index (χ0) is 18.4. The quantitative estimate of drug-likeness (QED) is 0.157. The van der Waals surface area contributed by atoms with Crippen LogP contribution in [-0.2, 0) is 9.53 Å². The van der Waals surface area contributed by atoms with Gasteiger partial charge in [-0.05, 0) is 19.9 Å². The standard InChI is InChI=1S/C15H15F4NO4/c1-3-24-15(23)9(5-20-7(2)6-21)14(22)8-4-10(16)12(18)13(19)11(8)17/h4-5,7,21-22H,3,6H2,1-2H3. The summed E-state index contributed by atoms with van der Waals surface area (Å²) in [5.74, 6) is -10.1. The molecule has 0 spiro atoms. The molecule has 1 rings (SSSR count). The first-order valence-electron chi connectivity index (χ1n) is 6.82. The highest BCUT2D eigenvalue weighted by Crippen LogP contribution is 2.25. The number of halogens is 4. The van der Waals surface area contributed by atoms with E-state index in [-0.39, 0.29) is 19.3 Å². The molecule has 0 radical (unpaired) electrons. The molecule has 24 heavy (non-hydrogen) atoms. The predicted molar refractivity (Wildman–Crippen MR) is 77.5 cm³/mol.